The Bertz CT molecular complexity index is 170. The quantitative estimate of drug-likeness (QED) is 0.580. The third-order valence-electron chi connectivity index (χ3n) is 3.89. The minimum Gasteiger partial charge on any atom is -0.298 e. The van der Waals surface area contributed by atoms with E-state index in [0.29, 0.717) is 0 Å². The molecular weight excluding hydrogens is 146 g/mol. The lowest BCUT2D eigenvalue weighted by Gasteiger charge is -2.38. The van der Waals surface area contributed by atoms with Gasteiger partial charge in [-0.3, -0.25) is 4.90 Å². The Morgan fingerprint density at radius 2 is 2.00 bits per heavy atom. The summed E-state index contributed by atoms with van der Waals surface area (Å²) in [6, 6.07) is 1.59. The zero-order chi connectivity index (χ0) is 8.77. The summed E-state index contributed by atoms with van der Waals surface area (Å²) < 4.78 is 0. The van der Waals surface area contributed by atoms with Crippen molar-refractivity contribution in [3.63, 3.8) is 0 Å². The van der Waals surface area contributed by atoms with Gasteiger partial charge in [-0.1, -0.05) is 6.42 Å². The second-order valence-corrected chi connectivity index (χ2v) is 5.17. The fraction of sp³-hybridized carbons (Fsp3) is 1.00. The number of hydrogen-bond donors (Lipinski definition) is 0. The van der Waals surface area contributed by atoms with Gasteiger partial charge in [0.15, 0.2) is 0 Å². The highest BCUT2D eigenvalue weighted by Gasteiger charge is 2.46. The van der Waals surface area contributed by atoms with Gasteiger partial charge in [0, 0.05) is 18.6 Å². The lowest BCUT2D eigenvalue weighted by molar-refractivity contribution is 0.128. The van der Waals surface area contributed by atoms with Crippen LogP contribution in [0.1, 0.15) is 46.5 Å². The van der Waals surface area contributed by atoms with Gasteiger partial charge in [0.1, 0.15) is 0 Å². The second kappa shape index (κ2) is 2.73. The minimum atomic E-state index is 0.750. The van der Waals surface area contributed by atoms with Crippen LogP contribution < -0.4 is 0 Å². The van der Waals surface area contributed by atoms with Crippen molar-refractivity contribution in [1.82, 2.24) is 4.90 Å². The monoisotopic (exact) mass is 167 g/mol. The van der Waals surface area contributed by atoms with E-state index in [4.69, 9.17) is 0 Å². The molecular formula is C11H21N. The molecule has 1 nitrogen and oxygen atoms in total. The summed E-state index contributed by atoms with van der Waals surface area (Å²) >= 11 is 0. The van der Waals surface area contributed by atoms with Crippen molar-refractivity contribution >= 4 is 0 Å². The normalized spacial score (nSPS) is 34.5. The van der Waals surface area contributed by atoms with Crippen molar-refractivity contribution in [3.8, 4) is 0 Å². The Kier molecular flexibility index (Phi) is 1.95. The molecule has 1 spiro atoms. The van der Waals surface area contributed by atoms with E-state index in [-0.39, 0.29) is 0 Å². The first-order valence-corrected chi connectivity index (χ1v) is 5.39. The molecule has 0 N–H and O–H groups in total. The van der Waals surface area contributed by atoms with Crippen LogP contribution in [0.3, 0.4) is 0 Å². The molecule has 1 unspecified atom stereocenters. The van der Waals surface area contributed by atoms with Crippen LogP contribution in [0.4, 0.5) is 0 Å². The van der Waals surface area contributed by atoms with Crippen molar-refractivity contribution in [2.75, 3.05) is 6.54 Å². The Morgan fingerprint density at radius 3 is 2.25 bits per heavy atom. The molecule has 0 aromatic rings. The lowest BCUT2D eigenvalue weighted by atomic mass is 9.68. The Hall–Kier alpha value is -0.0400. The first-order chi connectivity index (χ1) is 5.63. The summed E-state index contributed by atoms with van der Waals surface area (Å²) in [6.07, 6.45) is 5.95. The SMILES string of the molecule is CC(C)N1CC2(CCC2)CC1C. The van der Waals surface area contributed by atoms with E-state index in [9.17, 15) is 0 Å². The van der Waals surface area contributed by atoms with Gasteiger partial charge in [0.25, 0.3) is 0 Å². The van der Waals surface area contributed by atoms with Gasteiger partial charge in [-0.15, -0.1) is 0 Å². The summed E-state index contributed by atoms with van der Waals surface area (Å²) in [5.41, 5.74) is 0.768. The molecule has 1 heteroatoms. The van der Waals surface area contributed by atoms with Crippen LogP contribution in [0, 0.1) is 5.41 Å². The molecule has 1 aliphatic heterocycles. The lowest BCUT2D eigenvalue weighted by Crippen LogP contribution is -2.37. The fourth-order valence-corrected chi connectivity index (χ4v) is 3.08. The highest BCUT2D eigenvalue weighted by Crippen LogP contribution is 2.50. The molecule has 2 aliphatic rings. The van der Waals surface area contributed by atoms with Crippen molar-refractivity contribution in [2.24, 2.45) is 5.41 Å². The first kappa shape index (κ1) is 8.55. The predicted octanol–water partition coefficient (Wildman–Crippen LogP) is 2.66. The van der Waals surface area contributed by atoms with Gasteiger partial charge in [-0.05, 0) is 45.4 Å². The van der Waals surface area contributed by atoms with Crippen LogP contribution in [-0.4, -0.2) is 23.5 Å². The number of likely N-dealkylation sites (tertiary alicyclic amines) is 1. The van der Waals surface area contributed by atoms with Crippen LogP contribution >= 0.6 is 0 Å². The summed E-state index contributed by atoms with van der Waals surface area (Å²) in [5, 5.41) is 0. The van der Waals surface area contributed by atoms with E-state index >= 15 is 0 Å². The molecule has 0 radical (unpaired) electrons. The first-order valence-electron chi connectivity index (χ1n) is 5.39. The fourth-order valence-electron chi connectivity index (χ4n) is 3.08. The largest absolute Gasteiger partial charge is 0.298 e. The summed E-state index contributed by atoms with van der Waals surface area (Å²) in [6.45, 7) is 8.43. The van der Waals surface area contributed by atoms with Gasteiger partial charge >= 0.3 is 0 Å². The Balaban J connectivity index is 2.02. The van der Waals surface area contributed by atoms with E-state index in [0.717, 1.165) is 17.5 Å². The highest BCUT2D eigenvalue weighted by molar-refractivity contribution is 4.99. The zero-order valence-corrected chi connectivity index (χ0v) is 8.64. The number of hydrogen-bond acceptors (Lipinski definition) is 1. The van der Waals surface area contributed by atoms with Gasteiger partial charge in [0.05, 0.1) is 0 Å². The molecule has 1 saturated carbocycles. The van der Waals surface area contributed by atoms with Gasteiger partial charge in [-0.2, -0.15) is 0 Å². The maximum atomic E-state index is 2.68. The van der Waals surface area contributed by atoms with Crippen molar-refractivity contribution < 1.29 is 0 Å². The van der Waals surface area contributed by atoms with E-state index < -0.39 is 0 Å². The second-order valence-electron chi connectivity index (χ2n) is 5.17. The zero-order valence-electron chi connectivity index (χ0n) is 8.64. The van der Waals surface area contributed by atoms with E-state index in [2.05, 4.69) is 25.7 Å². The summed E-state index contributed by atoms with van der Waals surface area (Å²) in [7, 11) is 0. The van der Waals surface area contributed by atoms with Gasteiger partial charge < -0.3 is 0 Å². The van der Waals surface area contributed by atoms with Crippen molar-refractivity contribution in [3.05, 3.63) is 0 Å². The molecule has 0 amide bonds. The van der Waals surface area contributed by atoms with E-state index in [1.807, 2.05) is 0 Å². The molecule has 2 fully saturated rings. The third kappa shape index (κ3) is 1.19. The van der Waals surface area contributed by atoms with Gasteiger partial charge in [0.2, 0.25) is 0 Å². The maximum Gasteiger partial charge on any atom is 0.00756 e. The van der Waals surface area contributed by atoms with Gasteiger partial charge in [-0.25, -0.2) is 0 Å². The van der Waals surface area contributed by atoms with Crippen molar-refractivity contribution in [1.29, 1.82) is 0 Å². The molecule has 1 aliphatic carbocycles. The Labute approximate surface area is 76.1 Å². The molecule has 1 heterocycles. The highest BCUT2D eigenvalue weighted by atomic mass is 15.2. The molecule has 0 aromatic heterocycles. The topological polar surface area (TPSA) is 3.24 Å². The van der Waals surface area contributed by atoms with Crippen LogP contribution in [-0.2, 0) is 0 Å². The summed E-state index contributed by atoms with van der Waals surface area (Å²) in [5.74, 6) is 0. The standard InChI is InChI=1S/C11H21N/c1-9(2)12-8-11(5-4-6-11)7-10(12)3/h9-10H,4-8H2,1-3H3. The smallest absolute Gasteiger partial charge is 0.00756 e. The average molecular weight is 167 g/mol. The van der Waals surface area contributed by atoms with Crippen molar-refractivity contribution in [2.45, 2.75) is 58.5 Å². The Morgan fingerprint density at radius 1 is 1.33 bits per heavy atom. The number of rotatable bonds is 1. The molecule has 1 saturated heterocycles. The average Bonchev–Trinajstić information content (AvgIpc) is 2.26. The molecule has 1 atom stereocenters. The molecule has 2 rings (SSSR count). The van der Waals surface area contributed by atoms with Crippen LogP contribution in [0.5, 0.6) is 0 Å². The minimum absolute atomic E-state index is 0.750. The van der Waals surface area contributed by atoms with E-state index in [1.54, 1.807) is 0 Å². The third-order valence-corrected chi connectivity index (χ3v) is 3.89. The molecule has 0 aromatic carbocycles. The molecule has 0 bridgehead atoms. The predicted molar refractivity (Wildman–Crippen MR) is 52.2 cm³/mol. The van der Waals surface area contributed by atoms with Crippen LogP contribution in [0.25, 0.3) is 0 Å². The number of nitrogens with zero attached hydrogens (tertiary/aromatic N) is 1. The summed E-state index contributed by atoms with van der Waals surface area (Å²) in [4.78, 5) is 2.68. The van der Waals surface area contributed by atoms with E-state index in [1.165, 1.54) is 32.2 Å². The maximum absolute atomic E-state index is 2.68. The van der Waals surface area contributed by atoms with Crippen LogP contribution in [0.15, 0.2) is 0 Å². The molecule has 70 valence electrons. The molecule has 12 heavy (non-hydrogen) atoms. The van der Waals surface area contributed by atoms with Crippen LogP contribution in [0.2, 0.25) is 0 Å².